The molecular weight excluding hydrogens is 362 g/mol. The van der Waals surface area contributed by atoms with Crippen molar-refractivity contribution in [2.75, 3.05) is 36.1 Å². The molecule has 0 bridgehead atoms. The Labute approximate surface area is 164 Å². The van der Waals surface area contributed by atoms with E-state index in [1.165, 1.54) is 29.1 Å². The van der Waals surface area contributed by atoms with E-state index in [0.717, 1.165) is 24.7 Å². The minimum atomic E-state index is -3.32. The number of anilines is 2. The second kappa shape index (κ2) is 9.55. The largest absolute Gasteiger partial charge is 0.372 e. The van der Waals surface area contributed by atoms with Crippen molar-refractivity contribution in [3.05, 3.63) is 24.3 Å². The first kappa shape index (κ1) is 21.7. The molecule has 1 saturated heterocycles. The molecule has 1 aromatic rings. The van der Waals surface area contributed by atoms with Gasteiger partial charge in [0.1, 0.15) is 0 Å². The smallest absolute Gasteiger partial charge is 0.225 e. The van der Waals surface area contributed by atoms with Crippen LogP contribution in [0, 0.1) is 5.92 Å². The molecule has 152 valence electrons. The third-order valence-electron chi connectivity index (χ3n) is 5.37. The van der Waals surface area contributed by atoms with Crippen LogP contribution in [0.25, 0.3) is 0 Å². The molecule has 1 unspecified atom stereocenters. The van der Waals surface area contributed by atoms with Gasteiger partial charge in [0.15, 0.2) is 0 Å². The molecule has 1 aliphatic heterocycles. The molecule has 0 saturated carbocycles. The summed E-state index contributed by atoms with van der Waals surface area (Å²) in [7, 11) is -3.32. The average molecular weight is 396 g/mol. The maximum atomic E-state index is 12.2. The van der Waals surface area contributed by atoms with Crippen molar-refractivity contribution in [3.8, 4) is 0 Å². The summed E-state index contributed by atoms with van der Waals surface area (Å²) in [6.45, 7) is 8.44. The lowest BCUT2D eigenvalue weighted by Crippen LogP contribution is -2.39. The summed E-state index contributed by atoms with van der Waals surface area (Å²) in [5, 5.41) is 2.86. The van der Waals surface area contributed by atoms with Crippen LogP contribution >= 0.6 is 0 Å². The number of carbonyl (C=O) groups excluding carboxylic acids is 1. The molecule has 1 atom stereocenters. The SMILES string of the molecule is CCC(C)N(CCC(=O)Nc1ccc(N2CCC(C)CC2)cc1)S(C)(=O)=O. The van der Waals surface area contributed by atoms with Gasteiger partial charge in [-0.25, -0.2) is 8.42 Å². The number of amides is 1. The summed E-state index contributed by atoms with van der Waals surface area (Å²) in [5.41, 5.74) is 1.92. The molecule has 1 amide bonds. The molecule has 1 heterocycles. The minimum Gasteiger partial charge on any atom is -0.372 e. The highest BCUT2D eigenvalue weighted by molar-refractivity contribution is 7.88. The standard InChI is InChI=1S/C20H33N3O3S/c1-5-17(3)23(27(4,25)26)15-12-20(24)21-18-6-8-19(9-7-18)22-13-10-16(2)11-14-22/h6-9,16-17H,5,10-15H2,1-4H3,(H,21,24). The van der Waals surface area contributed by atoms with Gasteiger partial charge in [-0.15, -0.1) is 0 Å². The van der Waals surface area contributed by atoms with Gasteiger partial charge in [0, 0.05) is 43.5 Å². The molecule has 27 heavy (non-hydrogen) atoms. The van der Waals surface area contributed by atoms with Gasteiger partial charge < -0.3 is 10.2 Å². The zero-order valence-corrected chi connectivity index (χ0v) is 17.8. The topological polar surface area (TPSA) is 69.7 Å². The van der Waals surface area contributed by atoms with Crippen LogP contribution in [-0.4, -0.2) is 50.6 Å². The fourth-order valence-electron chi connectivity index (χ4n) is 3.37. The van der Waals surface area contributed by atoms with Crippen molar-refractivity contribution < 1.29 is 13.2 Å². The van der Waals surface area contributed by atoms with Crippen molar-refractivity contribution in [3.63, 3.8) is 0 Å². The highest BCUT2D eigenvalue weighted by Gasteiger charge is 2.22. The van der Waals surface area contributed by atoms with Crippen molar-refractivity contribution in [2.24, 2.45) is 5.92 Å². The number of hydrogen-bond donors (Lipinski definition) is 1. The molecular formula is C20H33N3O3S. The number of rotatable bonds is 8. The van der Waals surface area contributed by atoms with Crippen LogP contribution in [0.2, 0.25) is 0 Å². The average Bonchev–Trinajstić information content (AvgIpc) is 2.62. The third kappa shape index (κ3) is 6.50. The summed E-state index contributed by atoms with van der Waals surface area (Å²) in [5.74, 6) is 0.619. The number of hydrogen-bond acceptors (Lipinski definition) is 4. The van der Waals surface area contributed by atoms with Crippen LogP contribution < -0.4 is 10.2 Å². The Bertz CT molecular complexity index is 710. The van der Waals surface area contributed by atoms with Crippen LogP contribution in [0.4, 0.5) is 11.4 Å². The molecule has 1 aliphatic rings. The lowest BCUT2D eigenvalue weighted by atomic mass is 9.99. The first-order valence-corrected chi connectivity index (χ1v) is 11.7. The number of nitrogens with one attached hydrogen (secondary N) is 1. The van der Waals surface area contributed by atoms with Crippen LogP contribution in [-0.2, 0) is 14.8 Å². The molecule has 6 nitrogen and oxygen atoms in total. The predicted octanol–water partition coefficient (Wildman–Crippen LogP) is 3.31. The number of nitrogens with zero attached hydrogens (tertiary/aromatic N) is 2. The fraction of sp³-hybridized carbons (Fsp3) is 0.650. The van der Waals surface area contributed by atoms with E-state index < -0.39 is 10.0 Å². The summed E-state index contributed by atoms with van der Waals surface area (Å²) < 4.78 is 25.2. The summed E-state index contributed by atoms with van der Waals surface area (Å²) in [6, 6.07) is 7.78. The highest BCUT2D eigenvalue weighted by Crippen LogP contribution is 2.24. The molecule has 0 radical (unpaired) electrons. The van der Waals surface area contributed by atoms with E-state index >= 15 is 0 Å². The van der Waals surface area contributed by atoms with E-state index in [1.807, 2.05) is 38.1 Å². The van der Waals surface area contributed by atoms with E-state index in [0.29, 0.717) is 6.42 Å². The molecule has 0 spiro atoms. The third-order valence-corrected chi connectivity index (χ3v) is 6.76. The molecule has 1 fully saturated rings. The number of piperidine rings is 1. The Morgan fingerprint density at radius 3 is 2.37 bits per heavy atom. The summed E-state index contributed by atoms with van der Waals surface area (Å²) >= 11 is 0. The molecule has 0 aliphatic carbocycles. The molecule has 1 aromatic carbocycles. The lowest BCUT2D eigenvalue weighted by molar-refractivity contribution is -0.116. The van der Waals surface area contributed by atoms with Gasteiger partial charge in [0.25, 0.3) is 0 Å². The Kier molecular flexibility index (Phi) is 7.68. The zero-order chi connectivity index (χ0) is 20.0. The first-order valence-electron chi connectivity index (χ1n) is 9.82. The van der Waals surface area contributed by atoms with E-state index in [1.54, 1.807) is 0 Å². The van der Waals surface area contributed by atoms with Gasteiger partial charge in [-0.1, -0.05) is 13.8 Å². The molecule has 2 rings (SSSR count). The number of carbonyl (C=O) groups is 1. The van der Waals surface area contributed by atoms with Crippen molar-refractivity contribution >= 4 is 27.3 Å². The Morgan fingerprint density at radius 2 is 1.85 bits per heavy atom. The van der Waals surface area contributed by atoms with Gasteiger partial charge in [-0.05, 0) is 56.4 Å². The van der Waals surface area contributed by atoms with Gasteiger partial charge in [-0.2, -0.15) is 4.31 Å². The van der Waals surface area contributed by atoms with Crippen molar-refractivity contribution in [2.45, 2.75) is 52.5 Å². The Morgan fingerprint density at radius 1 is 1.26 bits per heavy atom. The van der Waals surface area contributed by atoms with Crippen LogP contribution in [0.15, 0.2) is 24.3 Å². The van der Waals surface area contributed by atoms with Crippen LogP contribution in [0.3, 0.4) is 0 Å². The lowest BCUT2D eigenvalue weighted by Gasteiger charge is -2.32. The second-order valence-electron chi connectivity index (χ2n) is 7.65. The van der Waals surface area contributed by atoms with Crippen LogP contribution in [0.5, 0.6) is 0 Å². The second-order valence-corrected chi connectivity index (χ2v) is 9.58. The normalized spacial score (nSPS) is 17.1. The molecule has 7 heteroatoms. The van der Waals surface area contributed by atoms with Gasteiger partial charge in [-0.3, -0.25) is 4.79 Å². The monoisotopic (exact) mass is 395 g/mol. The van der Waals surface area contributed by atoms with Gasteiger partial charge in [0.05, 0.1) is 6.26 Å². The predicted molar refractivity (Wildman–Crippen MR) is 112 cm³/mol. The minimum absolute atomic E-state index is 0.112. The Hall–Kier alpha value is -1.60. The van der Waals surface area contributed by atoms with E-state index in [4.69, 9.17) is 0 Å². The van der Waals surface area contributed by atoms with Crippen molar-refractivity contribution in [1.29, 1.82) is 0 Å². The van der Waals surface area contributed by atoms with E-state index in [9.17, 15) is 13.2 Å². The molecule has 1 N–H and O–H groups in total. The molecule has 0 aromatic heterocycles. The number of sulfonamides is 1. The van der Waals surface area contributed by atoms with E-state index in [2.05, 4.69) is 17.1 Å². The maximum absolute atomic E-state index is 12.2. The Balaban J connectivity index is 1.88. The van der Waals surface area contributed by atoms with Crippen LogP contribution in [0.1, 0.15) is 46.5 Å². The maximum Gasteiger partial charge on any atom is 0.225 e. The van der Waals surface area contributed by atoms with E-state index in [-0.39, 0.29) is 24.9 Å². The van der Waals surface area contributed by atoms with Gasteiger partial charge in [0.2, 0.25) is 15.9 Å². The fourth-order valence-corrected chi connectivity index (χ4v) is 4.60. The first-order chi connectivity index (χ1) is 12.7. The van der Waals surface area contributed by atoms with Crippen molar-refractivity contribution in [1.82, 2.24) is 4.31 Å². The quantitative estimate of drug-likeness (QED) is 0.733. The zero-order valence-electron chi connectivity index (χ0n) is 16.9. The summed E-state index contributed by atoms with van der Waals surface area (Å²) in [4.78, 5) is 14.6. The summed E-state index contributed by atoms with van der Waals surface area (Å²) in [6.07, 6.45) is 4.47. The van der Waals surface area contributed by atoms with Gasteiger partial charge >= 0.3 is 0 Å². The highest BCUT2D eigenvalue weighted by atomic mass is 32.2. The number of benzene rings is 1.